The zero-order valence-electron chi connectivity index (χ0n) is 16.8. The van der Waals surface area contributed by atoms with Crippen molar-refractivity contribution in [2.45, 2.75) is 19.1 Å². The molecule has 0 spiro atoms. The van der Waals surface area contributed by atoms with Crippen LogP contribution in [0.4, 0.5) is 23.7 Å². The third-order valence-corrected chi connectivity index (χ3v) is 4.19. The van der Waals surface area contributed by atoms with Gasteiger partial charge in [-0.1, -0.05) is 42.5 Å². The molecule has 0 radical (unpaired) electrons. The van der Waals surface area contributed by atoms with E-state index in [1.54, 1.807) is 0 Å². The lowest BCUT2D eigenvalue weighted by Gasteiger charge is -2.17. The average molecular weight is 436 g/mol. The van der Waals surface area contributed by atoms with Crippen molar-refractivity contribution in [3.05, 3.63) is 65.7 Å². The number of halogens is 3. The minimum atomic E-state index is -4.59. The van der Waals surface area contributed by atoms with Crippen molar-refractivity contribution in [1.29, 1.82) is 0 Å². The fraction of sp³-hybridized carbons (Fsp3) is 0.286. The Morgan fingerprint density at radius 3 is 2.26 bits per heavy atom. The molecular weight excluding hydrogens is 413 g/mol. The number of benzene rings is 2. The molecule has 2 aromatic rings. The van der Waals surface area contributed by atoms with Crippen LogP contribution in [0.1, 0.15) is 17.5 Å². The molecule has 2 aromatic carbocycles. The topological polar surface area (TPSA) is 90.5 Å². The first-order chi connectivity index (χ1) is 14.6. The van der Waals surface area contributed by atoms with Crippen molar-refractivity contribution in [2.24, 2.45) is 0 Å². The van der Waals surface area contributed by atoms with Gasteiger partial charge in [-0.15, -0.1) is 0 Å². The Hall–Kier alpha value is -3.40. The van der Waals surface area contributed by atoms with Gasteiger partial charge in [-0.2, -0.15) is 13.2 Å². The molecule has 31 heavy (non-hydrogen) atoms. The van der Waals surface area contributed by atoms with E-state index in [-0.39, 0.29) is 31.7 Å². The highest BCUT2D eigenvalue weighted by molar-refractivity contribution is 5.94. The molecule has 0 aliphatic heterocycles. The zero-order valence-corrected chi connectivity index (χ0v) is 16.8. The summed E-state index contributed by atoms with van der Waals surface area (Å²) in [5.74, 6) is -1.19. The van der Waals surface area contributed by atoms with E-state index in [4.69, 9.17) is 0 Å². The number of likely N-dealkylation sites (N-methyl/N-ethyl adjacent to an activating group) is 1. The third kappa shape index (κ3) is 8.47. The number of carbonyl (C=O) groups is 3. The van der Waals surface area contributed by atoms with Gasteiger partial charge in [0.05, 0.1) is 17.8 Å². The van der Waals surface area contributed by atoms with Gasteiger partial charge >= 0.3 is 12.2 Å². The highest BCUT2D eigenvalue weighted by Gasteiger charge is 2.33. The Balaban J connectivity index is 1.72. The second-order valence-corrected chi connectivity index (χ2v) is 6.80. The quantitative estimate of drug-likeness (QED) is 0.594. The highest BCUT2D eigenvalue weighted by atomic mass is 19.4. The number of anilines is 1. The second kappa shape index (κ2) is 11.1. The summed E-state index contributed by atoms with van der Waals surface area (Å²) in [7, 11) is 1.54. The molecule has 0 atom stereocenters. The van der Waals surface area contributed by atoms with E-state index in [9.17, 15) is 27.6 Å². The zero-order chi connectivity index (χ0) is 22.9. The Morgan fingerprint density at radius 2 is 1.58 bits per heavy atom. The van der Waals surface area contributed by atoms with Crippen molar-refractivity contribution in [1.82, 2.24) is 15.5 Å². The number of carbonyl (C=O) groups excluding carboxylic acids is 3. The summed E-state index contributed by atoms with van der Waals surface area (Å²) < 4.78 is 39.0. The number of nitrogens with zero attached hydrogens (tertiary/aromatic N) is 1. The van der Waals surface area contributed by atoms with Crippen molar-refractivity contribution >= 4 is 23.5 Å². The Bertz CT molecular complexity index is 904. The minimum absolute atomic E-state index is 0.0678. The van der Waals surface area contributed by atoms with Crippen LogP contribution in [0.25, 0.3) is 0 Å². The molecule has 0 fully saturated rings. The molecule has 0 heterocycles. The molecule has 0 saturated heterocycles. The van der Waals surface area contributed by atoms with Gasteiger partial charge in [-0.05, 0) is 24.7 Å². The van der Waals surface area contributed by atoms with Gasteiger partial charge in [0, 0.05) is 19.5 Å². The van der Waals surface area contributed by atoms with Gasteiger partial charge in [0.15, 0.2) is 0 Å². The van der Waals surface area contributed by atoms with Crippen LogP contribution in [-0.4, -0.2) is 42.9 Å². The monoisotopic (exact) mass is 436 g/mol. The standard InChI is InChI=1S/C21H23F3N4O3/c1-28(14-19(30)26-17-10-6-5-9-16(17)21(22,23)24)12-11-18(29)27-20(31)25-13-15-7-3-2-4-8-15/h2-10H,11-14H2,1H3,(H,26,30)(H2,25,27,29,31). The lowest BCUT2D eigenvalue weighted by molar-refractivity contribution is -0.137. The van der Waals surface area contributed by atoms with Gasteiger partial charge < -0.3 is 10.6 Å². The molecule has 0 saturated carbocycles. The van der Waals surface area contributed by atoms with Gasteiger partial charge in [0.1, 0.15) is 0 Å². The minimum Gasteiger partial charge on any atom is -0.334 e. The molecule has 7 nitrogen and oxygen atoms in total. The third-order valence-electron chi connectivity index (χ3n) is 4.19. The van der Waals surface area contributed by atoms with E-state index in [2.05, 4.69) is 16.0 Å². The van der Waals surface area contributed by atoms with Gasteiger partial charge in [-0.25, -0.2) is 4.79 Å². The first kappa shape index (κ1) is 23.9. The summed E-state index contributed by atoms with van der Waals surface area (Å²) >= 11 is 0. The summed E-state index contributed by atoms with van der Waals surface area (Å²) in [6.07, 6.45) is -4.66. The van der Waals surface area contributed by atoms with Gasteiger partial charge in [0.25, 0.3) is 0 Å². The fourth-order valence-corrected chi connectivity index (χ4v) is 2.66. The summed E-state index contributed by atoms with van der Waals surface area (Å²) in [4.78, 5) is 37.2. The Labute approximate surface area is 177 Å². The molecule has 0 aliphatic rings. The fourth-order valence-electron chi connectivity index (χ4n) is 2.66. The maximum Gasteiger partial charge on any atom is 0.418 e. The lowest BCUT2D eigenvalue weighted by Crippen LogP contribution is -2.40. The molecule has 10 heteroatoms. The molecule has 2 rings (SSSR count). The van der Waals surface area contributed by atoms with Crippen molar-refractivity contribution in [3.8, 4) is 0 Å². The number of nitrogens with one attached hydrogen (secondary N) is 3. The predicted octanol–water partition coefficient (Wildman–Crippen LogP) is 2.99. The van der Waals surface area contributed by atoms with Gasteiger partial charge in [0.2, 0.25) is 11.8 Å². The second-order valence-electron chi connectivity index (χ2n) is 6.80. The van der Waals surface area contributed by atoms with Crippen LogP contribution in [0, 0.1) is 0 Å². The van der Waals surface area contributed by atoms with Crippen LogP contribution in [-0.2, 0) is 22.3 Å². The largest absolute Gasteiger partial charge is 0.418 e. The molecule has 0 unspecified atom stereocenters. The van der Waals surface area contributed by atoms with Crippen LogP contribution < -0.4 is 16.0 Å². The number of imide groups is 1. The normalized spacial score (nSPS) is 11.1. The van der Waals surface area contributed by atoms with E-state index in [0.29, 0.717) is 0 Å². The van der Waals surface area contributed by atoms with Crippen molar-refractivity contribution < 1.29 is 27.6 Å². The van der Waals surface area contributed by atoms with Crippen LogP contribution in [0.2, 0.25) is 0 Å². The summed E-state index contributed by atoms with van der Waals surface area (Å²) in [6, 6.07) is 13.2. The summed E-state index contributed by atoms with van der Waals surface area (Å²) in [5.41, 5.74) is -0.393. The van der Waals surface area contributed by atoms with Crippen molar-refractivity contribution in [2.75, 3.05) is 25.5 Å². The smallest absolute Gasteiger partial charge is 0.334 e. The van der Waals surface area contributed by atoms with E-state index < -0.39 is 29.6 Å². The number of hydrogen-bond acceptors (Lipinski definition) is 4. The maximum absolute atomic E-state index is 13.0. The molecule has 166 valence electrons. The maximum atomic E-state index is 13.0. The molecule has 0 aromatic heterocycles. The highest BCUT2D eigenvalue weighted by Crippen LogP contribution is 2.34. The molecule has 3 N–H and O–H groups in total. The first-order valence-corrected chi connectivity index (χ1v) is 9.41. The molecule has 4 amide bonds. The SMILES string of the molecule is CN(CCC(=O)NC(=O)NCc1ccccc1)CC(=O)Nc1ccccc1C(F)(F)F. The number of alkyl halides is 3. The van der Waals surface area contributed by atoms with E-state index >= 15 is 0 Å². The number of para-hydroxylation sites is 1. The summed E-state index contributed by atoms with van der Waals surface area (Å²) in [6.45, 7) is 0.172. The number of rotatable bonds is 8. The van der Waals surface area contributed by atoms with E-state index in [1.165, 1.54) is 30.1 Å². The van der Waals surface area contributed by atoms with Crippen LogP contribution in [0.15, 0.2) is 54.6 Å². The van der Waals surface area contributed by atoms with Crippen LogP contribution >= 0.6 is 0 Å². The predicted molar refractivity (Wildman–Crippen MR) is 109 cm³/mol. The van der Waals surface area contributed by atoms with Crippen LogP contribution in [0.3, 0.4) is 0 Å². The average Bonchev–Trinajstić information content (AvgIpc) is 2.71. The van der Waals surface area contributed by atoms with Crippen molar-refractivity contribution in [3.63, 3.8) is 0 Å². The molecule has 0 bridgehead atoms. The van der Waals surface area contributed by atoms with E-state index in [1.807, 2.05) is 30.3 Å². The van der Waals surface area contributed by atoms with Gasteiger partial charge in [-0.3, -0.25) is 19.8 Å². The number of hydrogen-bond donors (Lipinski definition) is 3. The van der Waals surface area contributed by atoms with E-state index in [0.717, 1.165) is 11.6 Å². The molecule has 0 aliphatic carbocycles. The number of amides is 4. The lowest BCUT2D eigenvalue weighted by atomic mass is 10.1. The Kier molecular flexibility index (Phi) is 8.56. The van der Waals surface area contributed by atoms with Crippen LogP contribution in [0.5, 0.6) is 0 Å². The number of urea groups is 1. The first-order valence-electron chi connectivity index (χ1n) is 9.41. The molecular formula is C21H23F3N4O3. The summed E-state index contributed by atoms with van der Waals surface area (Å²) in [5, 5.41) is 6.97. The Morgan fingerprint density at radius 1 is 0.935 bits per heavy atom.